The zero-order chi connectivity index (χ0) is 40.2. The van der Waals surface area contributed by atoms with Gasteiger partial charge in [0.2, 0.25) is 5.91 Å². The van der Waals surface area contributed by atoms with Gasteiger partial charge in [0.05, 0.1) is 10.0 Å². The lowest BCUT2D eigenvalue weighted by molar-refractivity contribution is -0.125. The Morgan fingerprint density at radius 3 is 2.41 bits per heavy atom. The molecule has 0 radical (unpaired) electrons. The second kappa shape index (κ2) is 17.2. The fraction of sp³-hybridized carbons (Fsp3) is 0.217. The van der Waals surface area contributed by atoms with Gasteiger partial charge in [0.25, 0.3) is 0 Å². The van der Waals surface area contributed by atoms with Gasteiger partial charge in [0.15, 0.2) is 17.6 Å². The van der Waals surface area contributed by atoms with E-state index in [-0.39, 0.29) is 18.6 Å². The van der Waals surface area contributed by atoms with Crippen LogP contribution in [0.1, 0.15) is 45.2 Å². The zero-order valence-electron chi connectivity index (χ0n) is 32.0. The molecule has 10 nitrogen and oxygen atoms in total. The van der Waals surface area contributed by atoms with Gasteiger partial charge in [0, 0.05) is 37.6 Å². The number of nitrogens with zero attached hydrogens (tertiary/aromatic N) is 3. The summed E-state index contributed by atoms with van der Waals surface area (Å²) in [6.07, 6.45) is 4.02. The van der Waals surface area contributed by atoms with Crippen LogP contribution in [0, 0.1) is 13.8 Å². The number of rotatable bonds is 10. The number of benzene rings is 4. The minimum atomic E-state index is -0.760. The summed E-state index contributed by atoms with van der Waals surface area (Å²) >= 11 is 12.2. The number of amides is 3. The molecule has 294 valence electrons. The predicted molar refractivity (Wildman–Crippen MR) is 225 cm³/mol. The summed E-state index contributed by atoms with van der Waals surface area (Å²) in [5.74, 6) is 2.03. The van der Waals surface area contributed by atoms with E-state index in [1.807, 2.05) is 61.7 Å². The first-order valence-corrected chi connectivity index (χ1v) is 19.8. The summed E-state index contributed by atoms with van der Waals surface area (Å²) in [4.78, 5) is 37.9. The minimum absolute atomic E-state index is 0.188. The Hall–Kier alpha value is -6.10. The van der Waals surface area contributed by atoms with Crippen molar-refractivity contribution in [1.29, 1.82) is 0 Å². The van der Waals surface area contributed by atoms with E-state index in [1.54, 1.807) is 41.4 Å². The fourth-order valence-electron chi connectivity index (χ4n) is 7.21. The van der Waals surface area contributed by atoms with E-state index in [0.29, 0.717) is 65.7 Å². The molecular formula is C46H41Cl2N5O5. The number of anilines is 1. The Labute approximate surface area is 347 Å². The first-order chi connectivity index (χ1) is 28.2. The molecule has 4 heterocycles. The van der Waals surface area contributed by atoms with Crippen molar-refractivity contribution in [3.05, 3.63) is 165 Å². The van der Waals surface area contributed by atoms with Crippen LogP contribution in [0.25, 0.3) is 11.1 Å². The summed E-state index contributed by atoms with van der Waals surface area (Å²) in [5, 5.41) is 6.94. The van der Waals surface area contributed by atoms with Gasteiger partial charge in [0.1, 0.15) is 30.8 Å². The number of hydrogen-bond donors (Lipinski definition) is 2. The van der Waals surface area contributed by atoms with Gasteiger partial charge in [-0.05, 0) is 119 Å². The van der Waals surface area contributed by atoms with E-state index in [2.05, 4.69) is 51.8 Å². The third-order valence-corrected chi connectivity index (χ3v) is 11.3. The third kappa shape index (κ3) is 8.73. The Balaban J connectivity index is 0.938. The zero-order valence-corrected chi connectivity index (χ0v) is 33.5. The second-order valence-electron chi connectivity index (χ2n) is 14.4. The van der Waals surface area contributed by atoms with Crippen molar-refractivity contribution in [3.8, 4) is 28.4 Å². The van der Waals surface area contributed by atoms with Crippen LogP contribution in [0.5, 0.6) is 17.2 Å². The number of nitrogens with one attached hydrogen (secondary N) is 2. The molecule has 58 heavy (non-hydrogen) atoms. The summed E-state index contributed by atoms with van der Waals surface area (Å²) in [6.45, 7) is 5.35. The lowest BCUT2D eigenvalue weighted by Gasteiger charge is -2.37. The maximum atomic E-state index is 13.9. The Morgan fingerprint density at radius 1 is 0.845 bits per heavy atom. The average molecular weight is 815 g/mol. The molecule has 4 aromatic carbocycles. The maximum absolute atomic E-state index is 13.9. The molecule has 0 spiro atoms. The third-order valence-electron chi connectivity index (χ3n) is 10.6. The van der Waals surface area contributed by atoms with Crippen molar-refractivity contribution in [1.82, 2.24) is 20.2 Å². The van der Waals surface area contributed by atoms with Crippen LogP contribution in [0.15, 0.2) is 116 Å². The van der Waals surface area contributed by atoms with Gasteiger partial charge < -0.3 is 24.4 Å². The van der Waals surface area contributed by atoms with E-state index < -0.39 is 12.1 Å². The number of halogens is 2. The topological polar surface area (TPSA) is 115 Å². The molecule has 8 rings (SSSR count). The number of carbonyl (C=O) groups is 2. The molecule has 2 aliphatic heterocycles. The lowest BCUT2D eigenvalue weighted by Crippen LogP contribution is -2.54. The summed E-state index contributed by atoms with van der Waals surface area (Å²) < 4.78 is 18.7. The maximum Gasteiger partial charge on any atom is 0.324 e. The van der Waals surface area contributed by atoms with E-state index in [4.69, 9.17) is 37.4 Å². The largest absolute Gasteiger partial charge is 0.489 e. The highest BCUT2D eigenvalue weighted by Crippen LogP contribution is 2.41. The SMILES string of the molecule is Cc1nccc(-c2ccc(CCNC(=O)C3Cc4cc5c(cc4CN3C(=O)Nc3ccccn3)OC(c3ccc(OCc4ccc(Cl)c(Cl)c4)cc3)CO5)cc2)c1C. The van der Waals surface area contributed by atoms with Crippen molar-refractivity contribution in [2.24, 2.45) is 0 Å². The quantitative estimate of drug-likeness (QED) is 0.142. The summed E-state index contributed by atoms with van der Waals surface area (Å²) in [7, 11) is 0. The van der Waals surface area contributed by atoms with Crippen molar-refractivity contribution >= 4 is 41.0 Å². The Bertz CT molecular complexity index is 2450. The molecule has 0 fully saturated rings. The predicted octanol–water partition coefficient (Wildman–Crippen LogP) is 9.48. The number of aryl methyl sites for hydroxylation is 1. The molecule has 2 unspecified atom stereocenters. The first kappa shape index (κ1) is 38.8. The molecule has 0 bridgehead atoms. The van der Waals surface area contributed by atoms with Crippen molar-refractivity contribution in [2.45, 2.75) is 52.0 Å². The standard InChI is InChI=1S/C46H41Cl2N5O5/c1-28-29(2)49-20-17-37(28)32-9-6-30(7-10-32)16-19-51-45(54)40-22-34-23-41-42(24-35(34)25-53(40)46(55)52-44-5-3-4-18-50-44)58-43(27-57-41)33-11-13-36(14-12-33)56-26-31-8-15-38(47)39(48)21-31/h3-15,17-18,20-21,23-24,40,43H,16,19,22,25-27H2,1-2H3,(H,51,54)(H,50,52,55). The van der Waals surface area contributed by atoms with E-state index >= 15 is 0 Å². The van der Waals surface area contributed by atoms with Gasteiger partial charge in [-0.3, -0.25) is 15.1 Å². The van der Waals surface area contributed by atoms with Crippen LogP contribution in [-0.4, -0.2) is 46.0 Å². The molecule has 12 heteroatoms. The van der Waals surface area contributed by atoms with Crippen LogP contribution in [0.4, 0.5) is 10.6 Å². The van der Waals surface area contributed by atoms with Crippen molar-refractivity contribution in [3.63, 3.8) is 0 Å². The molecule has 6 aromatic rings. The van der Waals surface area contributed by atoms with Gasteiger partial charge in [-0.15, -0.1) is 0 Å². The molecule has 2 aromatic heterocycles. The van der Waals surface area contributed by atoms with E-state index in [9.17, 15) is 9.59 Å². The van der Waals surface area contributed by atoms with Crippen LogP contribution in [-0.2, 0) is 30.8 Å². The smallest absolute Gasteiger partial charge is 0.324 e. The number of hydrogen-bond acceptors (Lipinski definition) is 7. The molecule has 2 aliphatic rings. The van der Waals surface area contributed by atoms with Crippen molar-refractivity contribution in [2.75, 3.05) is 18.5 Å². The molecule has 0 saturated carbocycles. The molecule has 2 N–H and O–H groups in total. The van der Waals surface area contributed by atoms with Crippen LogP contribution >= 0.6 is 23.2 Å². The summed E-state index contributed by atoms with van der Waals surface area (Å²) in [5.41, 5.74) is 9.16. The Morgan fingerprint density at radius 2 is 1.64 bits per heavy atom. The first-order valence-electron chi connectivity index (χ1n) is 19.1. The number of ether oxygens (including phenoxy) is 3. The van der Waals surface area contributed by atoms with E-state index in [1.165, 1.54) is 0 Å². The molecule has 2 atom stereocenters. The molecule has 0 aliphatic carbocycles. The number of fused-ring (bicyclic) bond motifs is 2. The monoisotopic (exact) mass is 813 g/mol. The number of aromatic nitrogens is 2. The molecule has 3 amide bonds. The van der Waals surface area contributed by atoms with Crippen LogP contribution < -0.4 is 24.8 Å². The van der Waals surface area contributed by atoms with Gasteiger partial charge in [-0.2, -0.15) is 0 Å². The molecule has 0 saturated heterocycles. The second-order valence-corrected chi connectivity index (χ2v) is 15.2. The fourth-order valence-corrected chi connectivity index (χ4v) is 7.53. The highest BCUT2D eigenvalue weighted by Gasteiger charge is 2.36. The molecular weight excluding hydrogens is 773 g/mol. The van der Waals surface area contributed by atoms with Crippen LogP contribution in [0.3, 0.4) is 0 Å². The van der Waals surface area contributed by atoms with Crippen molar-refractivity contribution < 1.29 is 23.8 Å². The number of carbonyl (C=O) groups excluding carboxylic acids is 2. The highest BCUT2D eigenvalue weighted by atomic mass is 35.5. The highest BCUT2D eigenvalue weighted by molar-refractivity contribution is 6.42. The van der Waals surface area contributed by atoms with Gasteiger partial charge >= 0.3 is 6.03 Å². The normalized spacial score (nSPS) is 15.6. The summed E-state index contributed by atoms with van der Waals surface area (Å²) in [6, 6.07) is 31.4. The number of urea groups is 1. The average Bonchev–Trinajstić information content (AvgIpc) is 3.24. The Kier molecular flexibility index (Phi) is 11.5. The van der Waals surface area contributed by atoms with E-state index in [0.717, 1.165) is 50.2 Å². The lowest BCUT2D eigenvalue weighted by atomic mass is 9.92. The van der Waals surface area contributed by atoms with Gasteiger partial charge in [-0.25, -0.2) is 9.78 Å². The van der Waals surface area contributed by atoms with Gasteiger partial charge in [-0.1, -0.05) is 71.7 Å². The minimum Gasteiger partial charge on any atom is -0.489 e. The number of pyridine rings is 2. The van der Waals surface area contributed by atoms with Crippen LogP contribution in [0.2, 0.25) is 10.0 Å².